The number of nitrogens with one attached hydrogen (secondary N) is 1. The molecule has 0 radical (unpaired) electrons. The lowest BCUT2D eigenvalue weighted by atomic mass is 10.2. The van der Waals surface area contributed by atoms with Crippen LogP contribution in [-0.2, 0) is 32.3 Å². The maximum atomic E-state index is 12.9. The molecule has 0 saturated heterocycles. The normalized spacial score (nSPS) is 15.8. The van der Waals surface area contributed by atoms with Gasteiger partial charge < -0.3 is 5.32 Å². The molecule has 1 aliphatic rings. The summed E-state index contributed by atoms with van der Waals surface area (Å²) in [6.07, 6.45) is -4.65. The second kappa shape index (κ2) is 6.14. The van der Waals surface area contributed by atoms with Crippen LogP contribution in [0.4, 0.5) is 19.0 Å². The van der Waals surface area contributed by atoms with Gasteiger partial charge in [0.25, 0.3) is 0 Å². The van der Waals surface area contributed by atoms with Crippen molar-refractivity contribution in [3.05, 3.63) is 39.0 Å². The third kappa shape index (κ3) is 3.40. The lowest BCUT2D eigenvalue weighted by Crippen LogP contribution is -2.14. The second-order valence-corrected chi connectivity index (χ2v) is 8.56. The van der Waals surface area contributed by atoms with Gasteiger partial charge in [-0.25, -0.2) is 13.1 Å². The molecule has 6 nitrogen and oxygen atoms in total. The van der Waals surface area contributed by atoms with Crippen molar-refractivity contribution in [1.29, 1.82) is 0 Å². The first kappa shape index (κ1) is 19.0. The van der Waals surface area contributed by atoms with Crippen LogP contribution in [0.5, 0.6) is 0 Å². The van der Waals surface area contributed by atoms with Gasteiger partial charge in [0.05, 0.1) is 32.8 Å². The first-order valence-corrected chi connectivity index (χ1v) is 9.62. The van der Waals surface area contributed by atoms with Gasteiger partial charge in [0, 0.05) is 12.5 Å². The SMILES string of the molecule is CC(=O)Nc1c2c(nn1-c1c(Cl)cc(C(F)(F)F)cc1Cl)CS(=O)(=O)C2. The van der Waals surface area contributed by atoms with Crippen molar-refractivity contribution in [1.82, 2.24) is 9.78 Å². The molecule has 2 aromatic rings. The molecule has 2 heterocycles. The third-order valence-electron chi connectivity index (χ3n) is 3.64. The maximum Gasteiger partial charge on any atom is 0.416 e. The van der Waals surface area contributed by atoms with E-state index in [1.165, 1.54) is 6.92 Å². The molecule has 1 N–H and O–H groups in total. The molecule has 0 spiro atoms. The average molecular weight is 428 g/mol. The van der Waals surface area contributed by atoms with Crippen LogP contribution in [0, 0.1) is 0 Å². The van der Waals surface area contributed by atoms with Gasteiger partial charge in [-0.1, -0.05) is 23.2 Å². The van der Waals surface area contributed by atoms with Gasteiger partial charge in [-0.15, -0.1) is 0 Å². The van der Waals surface area contributed by atoms with Crippen LogP contribution >= 0.6 is 23.2 Å². The smallest absolute Gasteiger partial charge is 0.311 e. The van der Waals surface area contributed by atoms with Crippen LogP contribution in [-0.4, -0.2) is 24.1 Å². The molecule has 1 aromatic heterocycles. The topological polar surface area (TPSA) is 81.1 Å². The van der Waals surface area contributed by atoms with E-state index in [-0.39, 0.29) is 44.3 Å². The number of halogens is 5. The predicted molar refractivity (Wildman–Crippen MR) is 89.2 cm³/mol. The molecule has 3 rings (SSSR count). The van der Waals surface area contributed by atoms with Gasteiger partial charge in [-0.05, 0) is 12.1 Å². The summed E-state index contributed by atoms with van der Waals surface area (Å²) in [5.74, 6) is -1.21. The Labute approximate surface area is 155 Å². The van der Waals surface area contributed by atoms with Crippen molar-refractivity contribution in [2.75, 3.05) is 5.32 Å². The Bertz CT molecular complexity index is 1010. The molecule has 0 atom stereocenters. The number of rotatable bonds is 2. The molecule has 12 heteroatoms. The van der Waals surface area contributed by atoms with E-state index in [1.807, 2.05) is 0 Å². The Balaban J connectivity index is 2.21. The highest BCUT2D eigenvalue weighted by atomic mass is 35.5. The highest BCUT2D eigenvalue weighted by Gasteiger charge is 2.35. The Morgan fingerprint density at radius 3 is 2.31 bits per heavy atom. The number of benzene rings is 1. The van der Waals surface area contributed by atoms with Gasteiger partial charge in [-0.2, -0.15) is 18.3 Å². The van der Waals surface area contributed by atoms with E-state index in [0.29, 0.717) is 12.1 Å². The Kier molecular flexibility index (Phi) is 4.48. The Morgan fingerprint density at radius 2 is 1.81 bits per heavy atom. The van der Waals surface area contributed by atoms with E-state index in [2.05, 4.69) is 10.4 Å². The summed E-state index contributed by atoms with van der Waals surface area (Å²) in [5, 5.41) is 5.85. The number of amides is 1. The van der Waals surface area contributed by atoms with Crippen molar-refractivity contribution in [2.45, 2.75) is 24.6 Å². The van der Waals surface area contributed by atoms with Gasteiger partial charge in [0.2, 0.25) is 5.91 Å². The van der Waals surface area contributed by atoms with Crippen molar-refractivity contribution in [2.24, 2.45) is 0 Å². The molecule has 1 amide bonds. The summed E-state index contributed by atoms with van der Waals surface area (Å²) >= 11 is 12.0. The summed E-state index contributed by atoms with van der Waals surface area (Å²) in [4.78, 5) is 11.5. The third-order valence-corrected chi connectivity index (χ3v) is 5.66. The monoisotopic (exact) mass is 427 g/mol. The van der Waals surface area contributed by atoms with Crippen molar-refractivity contribution in [3.8, 4) is 5.69 Å². The number of aromatic nitrogens is 2. The van der Waals surface area contributed by atoms with E-state index in [4.69, 9.17) is 23.2 Å². The van der Waals surface area contributed by atoms with Gasteiger partial charge in [-0.3, -0.25) is 4.79 Å². The van der Waals surface area contributed by atoms with E-state index >= 15 is 0 Å². The molecular weight excluding hydrogens is 418 g/mol. The molecule has 0 bridgehead atoms. The quantitative estimate of drug-likeness (QED) is 0.793. The fraction of sp³-hybridized carbons (Fsp3) is 0.286. The molecule has 0 aliphatic carbocycles. The molecule has 0 saturated carbocycles. The molecular formula is C14H10Cl2F3N3O3S. The summed E-state index contributed by atoms with van der Waals surface area (Å²) < 4.78 is 63.3. The van der Waals surface area contributed by atoms with Gasteiger partial charge >= 0.3 is 6.18 Å². The predicted octanol–water partition coefficient (Wildman–Crippen LogP) is 3.58. The van der Waals surface area contributed by atoms with Crippen LogP contribution in [0.15, 0.2) is 12.1 Å². The number of carbonyl (C=O) groups excluding carboxylic acids is 1. The minimum atomic E-state index is -4.65. The highest BCUT2D eigenvalue weighted by molar-refractivity contribution is 7.90. The van der Waals surface area contributed by atoms with E-state index < -0.39 is 27.5 Å². The number of nitrogens with zero attached hydrogens (tertiary/aromatic N) is 2. The Morgan fingerprint density at radius 1 is 1.23 bits per heavy atom. The minimum absolute atomic E-state index is 0.0112. The number of hydrogen-bond acceptors (Lipinski definition) is 4. The first-order chi connectivity index (χ1) is 11.9. The van der Waals surface area contributed by atoms with Crippen molar-refractivity contribution < 1.29 is 26.4 Å². The van der Waals surface area contributed by atoms with E-state index in [0.717, 1.165) is 4.68 Å². The zero-order chi connectivity index (χ0) is 19.4. The second-order valence-electron chi connectivity index (χ2n) is 5.69. The number of hydrogen-bond donors (Lipinski definition) is 1. The summed E-state index contributed by atoms with van der Waals surface area (Å²) in [6, 6.07) is 1.37. The molecule has 0 fully saturated rings. The summed E-state index contributed by atoms with van der Waals surface area (Å²) in [7, 11) is -3.41. The highest BCUT2D eigenvalue weighted by Crippen LogP contribution is 2.40. The largest absolute Gasteiger partial charge is 0.416 e. The molecule has 140 valence electrons. The number of anilines is 1. The van der Waals surface area contributed by atoms with E-state index in [1.54, 1.807) is 0 Å². The van der Waals surface area contributed by atoms with Crippen LogP contribution in [0.2, 0.25) is 10.0 Å². The molecule has 1 aliphatic heterocycles. The maximum absolute atomic E-state index is 12.9. The minimum Gasteiger partial charge on any atom is -0.311 e. The van der Waals surface area contributed by atoms with Crippen molar-refractivity contribution >= 4 is 44.8 Å². The number of fused-ring (bicyclic) bond motifs is 1. The molecule has 1 aromatic carbocycles. The van der Waals surface area contributed by atoms with Crippen LogP contribution in [0.25, 0.3) is 5.69 Å². The van der Waals surface area contributed by atoms with Gasteiger partial charge in [0.1, 0.15) is 11.5 Å². The summed E-state index contributed by atoms with van der Waals surface area (Å²) in [6.45, 7) is 1.20. The number of alkyl halides is 3. The van der Waals surface area contributed by atoms with Crippen molar-refractivity contribution in [3.63, 3.8) is 0 Å². The summed E-state index contributed by atoms with van der Waals surface area (Å²) in [5.41, 5.74) is -0.690. The fourth-order valence-corrected chi connectivity index (χ4v) is 4.77. The van der Waals surface area contributed by atoms with Crippen LogP contribution in [0.1, 0.15) is 23.7 Å². The zero-order valence-electron chi connectivity index (χ0n) is 13.0. The molecule has 26 heavy (non-hydrogen) atoms. The Hall–Kier alpha value is -1.78. The average Bonchev–Trinajstić information content (AvgIpc) is 2.90. The number of carbonyl (C=O) groups is 1. The standard InChI is InChI=1S/C14H10Cl2F3N3O3S/c1-6(23)20-13-8-4-26(24,25)5-11(8)21-22(13)12-9(15)2-7(3-10(12)16)14(17,18)19/h2-3H,4-5H2,1H3,(H,20,23). The van der Waals surface area contributed by atoms with Crippen LogP contribution < -0.4 is 5.32 Å². The zero-order valence-corrected chi connectivity index (χ0v) is 15.3. The lowest BCUT2D eigenvalue weighted by molar-refractivity contribution is -0.137. The molecule has 0 unspecified atom stereocenters. The lowest BCUT2D eigenvalue weighted by Gasteiger charge is -2.15. The first-order valence-electron chi connectivity index (χ1n) is 7.04. The number of sulfone groups is 1. The van der Waals surface area contributed by atoms with Gasteiger partial charge in [0.15, 0.2) is 9.84 Å². The van der Waals surface area contributed by atoms with E-state index in [9.17, 15) is 26.4 Å². The fourth-order valence-electron chi connectivity index (χ4n) is 2.63. The van der Waals surface area contributed by atoms with Crippen LogP contribution in [0.3, 0.4) is 0 Å².